The van der Waals surface area contributed by atoms with Crippen LogP contribution in [0, 0.1) is 0 Å². The monoisotopic (exact) mass is 295 g/mol. The van der Waals surface area contributed by atoms with Gasteiger partial charge in [-0.3, -0.25) is 0 Å². The van der Waals surface area contributed by atoms with E-state index in [9.17, 15) is 18.3 Å². The number of benzene rings is 2. The third-order valence-corrected chi connectivity index (χ3v) is 3.30. The molecule has 2 aromatic rings. The van der Waals surface area contributed by atoms with Crippen LogP contribution in [-0.4, -0.2) is 5.11 Å². The van der Waals surface area contributed by atoms with E-state index in [0.29, 0.717) is 6.54 Å². The number of rotatable bonds is 4. The highest BCUT2D eigenvalue weighted by molar-refractivity contribution is 5.34. The molecule has 21 heavy (non-hydrogen) atoms. The molecule has 0 amide bonds. The standard InChI is InChI=1S/C16H16F3NO/c1-11(14-4-2-3-5-15(14)21)20-10-12-6-8-13(9-7-12)16(17,18)19/h2-9,11,20-21H,10H2,1H3. The van der Waals surface area contributed by atoms with Crippen LogP contribution in [0.2, 0.25) is 0 Å². The Balaban J connectivity index is 1.99. The van der Waals surface area contributed by atoms with Crippen LogP contribution in [0.15, 0.2) is 48.5 Å². The Kier molecular flexibility index (Phi) is 4.53. The van der Waals surface area contributed by atoms with E-state index in [4.69, 9.17) is 0 Å². The van der Waals surface area contributed by atoms with Gasteiger partial charge in [-0.1, -0.05) is 30.3 Å². The summed E-state index contributed by atoms with van der Waals surface area (Å²) < 4.78 is 37.4. The molecule has 0 saturated heterocycles. The van der Waals surface area contributed by atoms with Gasteiger partial charge in [-0.25, -0.2) is 0 Å². The van der Waals surface area contributed by atoms with Gasteiger partial charge in [-0.2, -0.15) is 13.2 Å². The maximum Gasteiger partial charge on any atom is 0.416 e. The van der Waals surface area contributed by atoms with E-state index < -0.39 is 11.7 Å². The van der Waals surface area contributed by atoms with Crippen molar-refractivity contribution in [1.82, 2.24) is 5.32 Å². The Labute approximate surface area is 121 Å². The molecule has 0 radical (unpaired) electrons. The molecule has 2 N–H and O–H groups in total. The molecule has 2 nitrogen and oxygen atoms in total. The zero-order chi connectivity index (χ0) is 15.5. The summed E-state index contributed by atoms with van der Waals surface area (Å²) in [4.78, 5) is 0. The molecule has 0 bridgehead atoms. The minimum Gasteiger partial charge on any atom is -0.508 e. The molecule has 0 heterocycles. The van der Waals surface area contributed by atoms with Crippen molar-refractivity contribution < 1.29 is 18.3 Å². The number of phenolic OH excluding ortho intramolecular Hbond substituents is 1. The second-order valence-electron chi connectivity index (χ2n) is 4.86. The molecule has 0 aliphatic carbocycles. The summed E-state index contributed by atoms with van der Waals surface area (Å²) in [6.45, 7) is 2.31. The largest absolute Gasteiger partial charge is 0.508 e. The highest BCUT2D eigenvalue weighted by atomic mass is 19.4. The lowest BCUT2D eigenvalue weighted by Crippen LogP contribution is -2.18. The summed E-state index contributed by atoms with van der Waals surface area (Å²) in [7, 11) is 0. The Morgan fingerprint density at radius 3 is 2.24 bits per heavy atom. The second kappa shape index (κ2) is 6.18. The molecule has 2 aromatic carbocycles. The minimum absolute atomic E-state index is 0.103. The predicted molar refractivity (Wildman–Crippen MR) is 74.8 cm³/mol. The van der Waals surface area contributed by atoms with Gasteiger partial charge in [-0.05, 0) is 30.7 Å². The van der Waals surface area contributed by atoms with Crippen LogP contribution in [0.5, 0.6) is 5.75 Å². The van der Waals surface area contributed by atoms with Crippen LogP contribution in [0.1, 0.15) is 29.7 Å². The quantitative estimate of drug-likeness (QED) is 0.883. The van der Waals surface area contributed by atoms with Gasteiger partial charge in [0.1, 0.15) is 5.75 Å². The molecule has 0 aliphatic rings. The number of halogens is 3. The number of hydrogen-bond acceptors (Lipinski definition) is 2. The van der Waals surface area contributed by atoms with Crippen LogP contribution in [0.4, 0.5) is 13.2 Å². The lowest BCUT2D eigenvalue weighted by molar-refractivity contribution is -0.137. The van der Waals surface area contributed by atoms with Crippen molar-refractivity contribution in [3.05, 3.63) is 65.2 Å². The van der Waals surface area contributed by atoms with Gasteiger partial charge in [0.15, 0.2) is 0 Å². The van der Waals surface area contributed by atoms with E-state index in [1.165, 1.54) is 12.1 Å². The molecular weight excluding hydrogens is 279 g/mol. The van der Waals surface area contributed by atoms with Crippen molar-refractivity contribution in [3.8, 4) is 5.75 Å². The van der Waals surface area contributed by atoms with E-state index in [1.54, 1.807) is 18.2 Å². The molecule has 2 rings (SSSR count). The fraction of sp³-hybridized carbons (Fsp3) is 0.250. The molecule has 0 aliphatic heterocycles. The van der Waals surface area contributed by atoms with Crippen molar-refractivity contribution in [2.24, 2.45) is 0 Å². The lowest BCUT2D eigenvalue weighted by atomic mass is 10.1. The van der Waals surface area contributed by atoms with Crippen molar-refractivity contribution in [2.45, 2.75) is 25.7 Å². The highest BCUT2D eigenvalue weighted by Gasteiger charge is 2.29. The predicted octanol–water partition coefficient (Wildman–Crippen LogP) is 4.26. The summed E-state index contributed by atoms with van der Waals surface area (Å²) in [6.07, 6.45) is -4.31. The minimum atomic E-state index is -4.31. The smallest absolute Gasteiger partial charge is 0.416 e. The number of para-hydroxylation sites is 1. The summed E-state index contributed by atoms with van der Waals surface area (Å²) >= 11 is 0. The third kappa shape index (κ3) is 3.98. The number of hydrogen-bond donors (Lipinski definition) is 2. The zero-order valence-electron chi connectivity index (χ0n) is 11.5. The molecule has 0 aromatic heterocycles. The average molecular weight is 295 g/mol. The molecule has 1 atom stereocenters. The maximum absolute atomic E-state index is 12.5. The fourth-order valence-electron chi connectivity index (χ4n) is 2.05. The average Bonchev–Trinajstić information content (AvgIpc) is 2.45. The van der Waals surface area contributed by atoms with Crippen LogP contribution < -0.4 is 5.32 Å². The van der Waals surface area contributed by atoms with Crippen molar-refractivity contribution in [1.29, 1.82) is 0 Å². The first kappa shape index (κ1) is 15.4. The van der Waals surface area contributed by atoms with Gasteiger partial charge in [0.2, 0.25) is 0 Å². The second-order valence-corrected chi connectivity index (χ2v) is 4.86. The first-order valence-corrected chi connectivity index (χ1v) is 6.55. The van der Waals surface area contributed by atoms with Gasteiger partial charge in [0.05, 0.1) is 5.56 Å². The van der Waals surface area contributed by atoms with Crippen LogP contribution >= 0.6 is 0 Å². The van der Waals surface area contributed by atoms with Gasteiger partial charge in [0, 0.05) is 18.2 Å². The van der Waals surface area contributed by atoms with E-state index in [0.717, 1.165) is 23.3 Å². The molecule has 5 heteroatoms. The number of nitrogens with one attached hydrogen (secondary N) is 1. The van der Waals surface area contributed by atoms with Crippen LogP contribution in [0.3, 0.4) is 0 Å². The van der Waals surface area contributed by atoms with E-state index in [1.807, 2.05) is 13.0 Å². The Hall–Kier alpha value is -2.01. The van der Waals surface area contributed by atoms with E-state index in [2.05, 4.69) is 5.32 Å². The molecule has 0 fully saturated rings. The molecular formula is C16H16F3NO. The topological polar surface area (TPSA) is 32.3 Å². The van der Waals surface area contributed by atoms with Crippen molar-refractivity contribution >= 4 is 0 Å². The van der Waals surface area contributed by atoms with Crippen molar-refractivity contribution in [3.63, 3.8) is 0 Å². The summed E-state index contributed by atoms with van der Waals surface area (Å²) in [5.41, 5.74) is 0.856. The van der Waals surface area contributed by atoms with Gasteiger partial charge < -0.3 is 10.4 Å². The summed E-state index contributed by atoms with van der Waals surface area (Å²) in [5.74, 6) is 0.199. The maximum atomic E-state index is 12.5. The first-order chi connectivity index (χ1) is 9.88. The number of phenols is 1. The fourth-order valence-corrected chi connectivity index (χ4v) is 2.05. The summed E-state index contributed by atoms with van der Waals surface area (Å²) in [6, 6.07) is 11.9. The van der Waals surface area contributed by atoms with Gasteiger partial charge in [0.25, 0.3) is 0 Å². The SMILES string of the molecule is CC(NCc1ccc(C(F)(F)F)cc1)c1ccccc1O. The summed E-state index contributed by atoms with van der Waals surface area (Å²) in [5, 5.41) is 12.9. The highest BCUT2D eigenvalue weighted by Crippen LogP contribution is 2.29. The Bertz CT molecular complexity index is 593. The first-order valence-electron chi connectivity index (χ1n) is 6.55. The van der Waals surface area contributed by atoms with Crippen LogP contribution in [-0.2, 0) is 12.7 Å². The lowest BCUT2D eigenvalue weighted by Gasteiger charge is -2.16. The van der Waals surface area contributed by atoms with Crippen LogP contribution in [0.25, 0.3) is 0 Å². The number of aromatic hydroxyl groups is 1. The van der Waals surface area contributed by atoms with Gasteiger partial charge >= 0.3 is 6.18 Å². The Morgan fingerprint density at radius 1 is 1.05 bits per heavy atom. The van der Waals surface area contributed by atoms with Crippen molar-refractivity contribution in [2.75, 3.05) is 0 Å². The Morgan fingerprint density at radius 2 is 1.67 bits per heavy atom. The zero-order valence-corrected chi connectivity index (χ0v) is 11.5. The molecule has 0 saturated carbocycles. The molecule has 112 valence electrons. The number of alkyl halides is 3. The molecule has 1 unspecified atom stereocenters. The normalized spacial score (nSPS) is 13.1. The van der Waals surface area contributed by atoms with Gasteiger partial charge in [-0.15, -0.1) is 0 Å². The third-order valence-electron chi connectivity index (χ3n) is 3.30. The van der Waals surface area contributed by atoms with E-state index in [-0.39, 0.29) is 11.8 Å². The molecule has 0 spiro atoms. The van der Waals surface area contributed by atoms with E-state index >= 15 is 0 Å².